The van der Waals surface area contributed by atoms with Crippen molar-refractivity contribution in [1.29, 1.82) is 0 Å². The number of hydrogen-bond acceptors (Lipinski definition) is 1. The van der Waals surface area contributed by atoms with Crippen LogP contribution in [0.4, 0.5) is 0 Å². The summed E-state index contributed by atoms with van der Waals surface area (Å²) in [4.78, 5) is 0. The van der Waals surface area contributed by atoms with Gasteiger partial charge in [-0.25, -0.2) is 0 Å². The van der Waals surface area contributed by atoms with Crippen LogP contribution in [0, 0.1) is 17.4 Å². The molecule has 0 bridgehead atoms. The van der Waals surface area contributed by atoms with Crippen molar-refractivity contribution in [3.8, 4) is 11.5 Å². The highest BCUT2D eigenvalue weighted by Crippen LogP contribution is 2.37. The third-order valence-electron chi connectivity index (χ3n) is 5.40. The molecule has 0 aliphatic carbocycles. The molecule has 0 spiro atoms. The molecule has 0 fully saturated rings. The van der Waals surface area contributed by atoms with E-state index >= 15 is 0 Å². The highest BCUT2D eigenvalue weighted by Gasteiger charge is 2.50. The van der Waals surface area contributed by atoms with Crippen molar-refractivity contribution in [2.24, 2.45) is 5.92 Å². The Bertz CT molecular complexity index is 926. The van der Waals surface area contributed by atoms with Crippen molar-refractivity contribution in [3.05, 3.63) is 84.5 Å². The maximum Gasteiger partial charge on any atom is 0.261 e. The van der Waals surface area contributed by atoms with Crippen molar-refractivity contribution in [1.82, 2.24) is 0 Å². The second-order valence-electron chi connectivity index (χ2n) is 10.7. The summed E-state index contributed by atoms with van der Waals surface area (Å²) in [6.07, 6.45) is 6.40. The van der Waals surface area contributed by atoms with Crippen LogP contribution in [0.15, 0.2) is 84.5 Å². The molecule has 0 N–H and O–H groups in total. The van der Waals surface area contributed by atoms with Crippen LogP contribution in [-0.2, 0) is 4.43 Å². The molecule has 0 aromatic heterocycles. The third kappa shape index (κ3) is 7.20. The second kappa shape index (κ2) is 11.1. The van der Waals surface area contributed by atoms with Crippen LogP contribution in [-0.4, -0.2) is 23.0 Å². The molecule has 0 aliphatic rings. The van der Waals surface area contributed by atoms with E-state index < -0.39 is 16.4 Å². The maximum atomic E-state index is 7.05. The van der Waals surface area contributed by atoms with Gasteiger partial charge in [0.25, 0.3) is 8.32 Å². The van der Waals surface area contributed by atoms with E-state index in [1.54, 1.807) is 0 Å². The summed E-state index contributed by atoms with van der Waals surface area (Å²) in [5.41, 5.74) is 4.61. The fourth-order valence-corrected chi connectivity index (χ4v) is 9.19. The zero-order valence-electron chi connectivity index (χ0n) is 21.2. The van der Waals surface area contributed by atoms with Crippen LogP contribution in [0.25, 0.3) is 0 Å². The Labute approximate surface area is 198 Å². The number of allylic oxidation sites excluding steroid dienone is 3. The summed E-state index contributed by atoms with van der Waals surface area (Å²) >= 11 is 0. The van der Waals surface area contributed by atoms with Gasteiger partial charge in [0.1, 0.15) is 8.07 Å². The van der Waals surface area contributed by atoms with E-state index in [1.807, 2.05) is 6.08 Å². The van der Waals surface area contributed by atoms with Crippen LogP contribution in [0.2, 0.25) is 24.7 Å². The molecule has 0 saturated carbocycles. The first-order valence-corrected chi connectivity index (χ1v) is 17.0. The minimum absolute atomic E-state index is 0.000518. The summed E-state index contributed by atoms with van der Waals surface area (Å²) in [6.45, 7) is 18.8. The third-order valence-corrected chi connectivity index (χ3v) is 11.3. The molecule has 32 heavy (non-hydrogen) atoms. The smallest absolute Gasteiger partial charge is 0.261 e. The monoisotopic (exact) mass is 460 g/mol. The summed E-state index contributed by atoms with van der Waals surface area (Å²) in [6, 6.07) is 21.7. The van der Waals surface area contributed by atoms with E-state index in [2.05, 4.69) is 139 Å². The van der Waals surface area contributed by atoms with Gasteiger partial charge in [-0.15, -0.1) is 5.54 Å². The minimum Gasteiger partial charge on any atom is -0.407 e. The van der Waals surface area contributed by atoms with Crippen LogP contribution in [0.3, 0.4) is 0 Å². The van der Waals surface area contributed by atoms with Crippen molar-refractivity contribution < 1.29 is 4.43 Å². The van der Waals surface area contributed by atoms with E-state index in [0.29, 0.717) is 12.5 Å². The Balaban J connectivity index is 2.31. The predicted octanol–water partition coefficient (Wildman–Crippen LogP) is 6.58. The quantitative estimate of drug-likeness (QED) is 0.257. The normalized spacial score (nSPS) is 14.2. The van der Waals surface area contributed by atoms with E-state index in [9.17, 15) is 0 Å². The lowest BCUT2D eigenvalue weighted by molar-refractivity contribution is 0.267. The molecule has 1 atom stereocenters. The van der Waals surface area contributed by atoms with Crippen molar-refractivity contribution in [2.75, 3.05) is 6.61 Å². The minimum atomic E-state index is -2.48. The largest absolute Gasteiger partial charge is 0.407 e. The van der Waals surface area contributed by atoms with Crippen LogP contribution in [0.1, 0.15) is 34.6 Å². The molecule has 0 amide bonds. The molecule has 0 radical (unpaired) electrons. The molecule has 3 heteroatoms. The molecule has 0 heterocycles. The molecule has 170 valence electrons. The average Bonchev–Trinajstić information content (AvgIpc) is 2.71. The topological polar surface area (TPSA) is 9.23 Å². The second-order valence-corrected chi connectivity index (χ2v) is 19.8. The molecule has 0 saturated heterocycles. The van der Waals surface area contributed by atoms with E-state index in [-0.39, 0.29) is 5.04 Å². The zero-order valence-corrected chi connectivity index (χ0v) is 23.2. The Morgan fingerprint density at radius 2 is 1.44 bits per heavy atom. The van der Waals surface area contributed by atoms with Gasteiger partial charge in [0, 0.05) is 6.61 Å². The molecule has 0 unspecified atom stereocenters. The van der Waals surface area contributed by atoms with Crippen molar-refractivity contribution in [3.63, 3.8) is 0 Å². The highest BCUT2D eigenvalue weighted by molar-refractivity contribution is 6.99. The first-order valence-electron chi connectivity index (χ1n) is 11.6. The Kier molecular flexibility index (Phi) is 9.10. The van der Waals surface area contributed by atoms with E-state index in [0.717, 1.165) is 0 Å². The lowest BCUT2D eigenvalue weighted by Crippen LogP contribution is -2.66. The fraction of sp³-hybridized carbons (Fsp3) is 0.379. The fourth-order valence-electron chi connectivity index (χ4n) is 4.00. The van der Waals surface area contributed by atoms with Crippen LogP contribution >= 0.6 is 0 Å². The molecule has 2 aromatic rings. The van der Waals surface area contributed by atoms with Gasteiger partial charge in [0.15, 0.2) is 0 Å². The van der Waals surface area contributed by atoms with Gasteiger partial charge in [0.05, 0.1) is 0 Å². The van der Waals surface area contributed by atoms with Crippen molar-refractivity contribution in [2.45, 2.75) is 59.3 Å². The number of rotatable bonds is 7. The van der Waals surface area contributed by atoms with E-state index in [4.69, 9.17) is 4.43 Å². The lowest BCUT2D eigenvalue weighted by atomic mass is 10.1. The standard InChI is InChI=1S/C29H40OSi2/c1-25(17-15-16-22-31(6,7)8)23-26(2)24-30-32(29(3,4)5,27-18-11-9-12-19-27)28-20-13-10-14-21-28/h9-15,17-21,23,26H,24H2,1-8H3/b17-15+,25-23-/t26-/m0/s1. The summed E-state index contributed by atoms with van der Waals surface area (Å²) in [7, 11) is -3.80. The first kappa shape index (κ1) is 26.1. The number of hydrogen-bond donors (Lipinski definition) is 0. The molecular weight excluding hydrogens is 420 g/mol. The summed E-state index contributed by atoms with van der Waals surface area (Å²) in [5.74, 6) is 3.53. The first-order chi connectivity index (χ1) is 15.0. The Hall–Kier alpha value is -2.13. The van der Waals surface area contributed by atoms with Gasteiger partial charge in [-0.2, -0.15) is 0 Å². The van der Waals surface area contributed by atoms with Crippen molar-refractivity contribution >= 4 is 26.8 Å². The zero-order chi connectivity index (χ0) is 23.8. The molecular formula is C29H40OSi2. The van der Waals surface area contributed by atoms with Gasteiger partial charge in [-0.1, -0.05) is 132 Å². The molecule has 1 nitrogen and oxygen atoms in total. The van der Waals surface area contributed by atoms with Gasteiger partial charge < -0.3 is 4.43 Å². The van der Waals surface area contributed by atoms with Gasteiger partial charge in [0.2, 0.25) is 0 Å². The maximum absolute atomic E-state index is 7.05. The molecule has 0 aliphatic heterocycles. The SMILES string of the molecule is CC(=C/[C@H](C)CO[Si](c1ccccc1)(c1ccccc1)C(C)(C)C)/C=C/C#C[Si](C)(C)C. The van der Waals surface area contributed by atoms with Crippen LogP contribution in [0.5, 0.6) is 0 Å². The number of benzene rings is 2. The average molecular weight is 461 g/mol. The van der Waals surface area contributed by atoms with E-state index in [1.165, 1.54) is 15.9 Å². The predicted molar refractivity (Wildman–Crippen MR) is 147 cm³/mol. The molecule has 2 aromatic carbocycles. The summed E-state index contributed by atoms with van der Waals surface area (Å²) < 4.78 is 7.05. The lowest BCUT2D eigenvalue weighted by Gasteiger charge is -2.43. The van der Waals surface area contributed by atoms with Gasteiger partial charge >= 0.3 is 0 Å². The highest BCUT2D eigenvalue weighted by atomic mass is 28.4. The van der Waals surface area contributed by atoms with Gasteiger partial charge in [-0.3, -0.25) is 0 Å². The Morgan fingerprint density at radius 1 is 0.938 bits per heavy atom. The van der Waals surface area contributed by atoms with Gasteiger partial charge in [-0.05, 0) is 34.3 Å². The van der Waals surface area contributed by atoms with Crippen LogP contribution < -0.4 is 10.4 Å². The summed E-state index contributed by atoms with van der Waals surface area (Å²) in [5, 5.41) is 2.65. The molecule has 2 rings (SSSR count). The Morgan fingerprint density at radius 3 is 1.88 bits per heavy atom.